The highest BCUT2D eigenvalue weighted by molar-refractivity contribution is 6.16. The number of hydrazone groups is 2. The third-order valence-corrected chi connectivity index (χ3v) is 2.43. The van der Waals surface area contributed by atoms with Crippen molar-refractivity contribution in [3.63, 3.8) is 0 Å². The van der Waals surface area contributed by atoms with Gasteiger partial charge in [-0.2, -0.15) is 20.9 Å². The maximum atomic E-state index is 10.6. The molecule has 1 aromatic carbocycles. The molecule has 1 heterocycles. The second-order valence-electron chi connectivity index (χ2n) is 3.77. The fourth-order valence-corrected chi connectivity index (χ4v) is 1.48. The molecule has 0 saturated carbocycles. The molecule has 0 spiro atoms. The number of nitrogens with zero attached hydrogens (tertiary/aromatic N) is 3. The maximum absolute atomic E-state index is 10.6. The number of carbonyl (C=O) groups is 1. The zero-order valence-electron chi connectivity index (χ0n) is 9.52. The van der Waals surface area contributed by atoms with E-state index in [-0.39, 0.29) is 0 Å². The van der Waals surface area contributed by atoms with Crippen LogP contribution in [0.5, 0.6) is 0 Å². The SMILES string of the molecule is N[C@@H](Cc1ccc(N2N=CC=NN2)cc1)C(=O)O. The average Bonchev–Trinajstić information content (AvgIpc) is 2.40. The summed E-state index contributed by atoms with van der Waals surface area (Å²) in [6, 6.07) is 6.37. The molecule has 1 aromatic rings. The summed E-state index contributed by atoms with van der Waals surface area (Å²) in [5, 5.41) is 18.1. The topological polar surface area (TPSA) is 103 Å². The van der Waals surface area contributed by atoms with E-state index in [1.165, 1.54) is 11.3 Å². The molecule has 7 nitrogen and oxygen atoms in total. The summed E-state index contributed by atoms with van der Waals surface area (Å²) in [6.45, 7) is 0. The molecule has 0 bridgehead atoms. The smallest absolute Gasteiger partial charge is 0.320 e. The number of hydrazine groups is 1. The van der Waals surface area contributed by atoms with Gasteiger partial charge in [0, 0.05) is 0 Å². The third-order valence-electron chi connectivity index (χ3n) is 2.43. The summed E-state index contributed by atoms with van der Waals surface area (Å²) in [6.07, 6.45) is 3.39. The van der Waals surface area contributed by atoms with Crippen molar-refractivity contribution in [3.05, 3.63) is 29.8 Å². The first-order valence-corrected chi connectivity index (χ1v) is 5.35. The van der Waals surface area contributed by atoms with Crippen LogP contribution in [-0.4, -0.2) is 29.5 Å². The van der Waals surface area contributed by atoms with Crippen molar-refractivity contribution in [3.8, 4) is 0 Å². The van der Waals surface area contributed by atoms with Crippen molar-refractivity contribution in [1.82, 2.24) is 5.53 Å². The molecular weight excluding hydrogens is 234 g/mol. The van der Waals surface area contributed by atoms with Gasteiger partial charge in [0.15, 0.2) is 0 Å². The molecule has 0 fully saturated rings. The second-order valence-corrected chi connectivity index (χ2v) is 3.77. The molecule has 0 aromatic heterocycles. The first-order chi connectivity index (χ1) is 8.66. The first-order valence-electron chi connectivity index (χ1n) is 5.35. The summed E-state index contributed by atoms with van der Waals surface area (Å²) in [7, 11) is 0. The number of aliphatic carboxylic acids is 1. The number of nitrogens with one attached hydrogen (secondary N) is 1. The van der Waals surface area contributed by atoms with Crippen molar-refractivity contribution < 1.29 is 9.90 Å². The standard InChI is InChI=1S/C11H13N5O2/c12-10(11(17)18)7-8-1-3-9(4-2-8)16-14-6-5-13-15-16/h1-6,10,15H,7,12H2,(H,17,18)/t10-/m0/s1. The summed E-state index contributed by atoms with van der Waals surface area (Å²) in [5.41, 5.74) is 9.83. The zero-order chi connectivity index (χ0) is 13.0. The van der Waals surface area contributed by atoms with E-state index in [2.05, 4.69) is 15.7 Å². The number of carboxylic acid groups (broad SMARTS) is 1. The average molecular weight is 247 g/mol. The molecule has 0 saturated heterocycles. The van der Waals surface area contributed by atoms with Crippen molar-refractivity contribution in [2.75, 3.05) is 5.12 Å². The van der Waals surface area contributed by atoms with Crippen LogP contribution in [0.25, 0.3) is 0 Å². The Labute approximate surface area is 104 Å². The quantitative estimate of drug-likeness (QED) is 0.691. The number of anilines is 1. The van der Waals surface area contributed by atoms with Gasteiger partial charge in [-0.3, -0.25) is 4.79 Å². The van der Waals surface area contributed by atoms with Gasteiger partial charge >= 0.3 is 5.97 Å². The van der Waals surface area contributed by atoms with Gasteiger partial charge in [-0.15, -0.1) is 0 Å². The van der Waals surface area contributed by atoms with Crippen molar-refractivity contribution in [2.45, 2.75) is 12.5 Å². The predicted octanol–water partition coefficient (Wildman–Crippen LogP) is -0.0628. The van der Waals surface area contributed by atoms with E-state index in [4.69, 9.17) is 10.8 Å². The third kappa shape index (κ3) is 2.83. The molecule has 0 radical (unpaired) electrons. The Hall–Kier alpha value is -2.41. The molecule has 0 unspecified atom stereocenters. The van der Waals surface area contributed by atoms with Crippen molar-refractivity contribution in [1.29, 1.82) is 0 Å². The maximum Gasteiger partial charge on any atom is 0.320 e. The molecule has 0 amide bonds. The largest absolute Gasteiger partial charge is 0.480 e. The lowest BCUT2D eigenvalue weighted by Gasteiger charge is -2.19. The minimum absolute atomic E-state index is 0.296. The van der Waals surface area contributed by atoms with E-state index >= 15 is 0 Å². The lowest BCUT2D eigenvalue weighted by Crippen LogP contribution is -2.32. The molecule has 7 heteroatoms. The van der Waals surface area contributed by atoms with E-state index in [1.54, 1.807) is 6.21 Å². The van der Waals surface area contributed by atoms with Crippen LogP contribution in [0.1, 0.15) is 5.56 Å². The minimum atomic E-state index is -1.00. The minimum Gasteiger partial charge on any atom is -0.480 e. The number of hydrogen-bond acceptors (Lipinski definition) is 6. The van der Waals surface area contributed by atoms with Crippen LogP contribution in [0.2, 0.25) is 0 Å². The van der Waals surface area contributed by atoms with Crippen LogP contribution in [0.15, 0.2) is 34.5 Å². The van der Waals surface area contributed by atoms with Crippen molar-refractivity contribution in [2.24, 2.45) is 15.9 Å². The summed E-state index contributed by atoms with van der Waals surface area (Å²) < 4.78 is 0. The van der Waals surface area contributed by atoms with Crippen LogP contribution in [-0.2, 0) is 11.2 Å². The molecule has 18 heavy (non-hydrogen) atoms. The number of nitrogens with two attached hydrogens (primary N) is 1. The van der Waals surface area contributed by atoms with Gasteiger partial charge in [0.1, 0.15) is 6.04 Å². The number of rotatable bonds is 4. The molecular formula is C11H13N5O2. The molecule has 0 aliphatic carbocycles. The van der Waals surface area contributed by atoms with E-state index in [0.29, 0.717) is 6.42 Å². The number of carboxylic acids is 1. The Morgan fingerprint density at radius 3 is 2.67 bits per heavy atom. The fourth-order valence-electron chi connectivity index (χ4n) is 1.48. The van der Waals surface area contributed by atoms with Crippen LogP contribution < -0.4 is 16.4 Å². The van der Waals surface area contributed by atoms with Gasteiger partial charge in [-0.05, 0) is 24.1 Å². The molecule has 2 rings (SSSR count). The van der Waals surface area contributed by atoms with Gasteiger partial charge < -0.3 is 10.8 Å². The summed E-state index contributed by atoms with van der Waals surface area (Å²) in [4.78, 5) is 10.6. The Balaban J connectivity index is 2.03. The van der Waals surface area contributed by atoms with Crippen molar-refractivity contribution >= 4 is 24.1 Å². The van der Waals surface area contributed by atoms with Crippen LogP contribution in [0.4, 0.5) is 5.69 Å². The molecule has 4 N–H and O–H groups in total. The highest BCUT2D eigenvalue weighted by Crippen LogP contribution is 2.15. The molecule has 1 aliphatic rings. The Morgan fingerprint density at radius 1 is 1.39 bits per heavy atom. The highest BCUT2D eigenvalue weighted by atomic mass is 16.4. The normalized spacial score (nSPS) is 15.3. The van der Waals surface area contributed by atoms with Gasteiger partial charge in [0.25, 0.3) is 0 Å². The molecule has 1 aliphatic heterocycles. The highest BCUT2D eigenvalue weighted by Gasteiger charge is 2.12. The Morgan fingerprint density at radius 2 is 2.11 bits per heavy atom. The second kappa shape index (κ2) is 5.28. The van der Waals surface area contributed by atoms with Gasteiger partial charge in [-0.1, -0.05) is 12.1 Å². The van der Waals surface area contributed by atoms with Crippen LogP contribution in [0.3, 0.4) is 0 Å². The van der Waals surface area contributed by atoms with E-state index in [1.807, 2.05) is 24.3 Å². The first kappa shape index (κ1) is 12.1. The number of benzene rings is 1. The fraction of sp³-hybridized carbons (Fsp3) is 0.182. The van der Waals surface area contributed by atoms with E-state index in [0.717, 1.165) is 11.3 Å². The van der Waals surface area contributed by atoms with E-state index < -0.39 is 12.0 Å². The van der Waals surface area contributed by atoms with Crippen LogP contribution in [0, 0.1) is 0 Å². The van der Waals surface area contributed by atoms with Gasteiger partial charge in [-0.25, -0.2) is 0 Å². The van der Waals surface area contributed by atoms with Crippen LogP contribution >= 0.6 is 0 Å². The Bertz CT molecular complexity index is 483. The summed E-state index contributed by atoms with van der Waals surface area (Å²) in [5.74, 6) is -1.00. The van der Waals surface area contributed by atoms with E-state index in [9.17, 15) is 4.79 Å². The summed E-state index contributed by atoms with van der Waals surface area (Å²) >= 11 is 0. The van der Waals surface area contributed by atoms with Gasteiger partial charge in [0.2, 0.25) is 0 Å². The zero-order valence-corrected chi connectivity index (χ0v) is 9.52. The lowest BCUT2D eigenvalue weighted by atomic mass is 10.1. The Kier molecular flexibility index (Phi) is 3.54. The lowest BCUT2D eigenvalue weighted by molar-refractivity contribution is -0.138. The molecule has 1 atom stereocenters. The molecule has 94 valence electrons. The number of hydrogen-bond donors (Lipinski definition) is 3. The predicted molar refractivity (Wildman–Crippen MR) is 68.4 cm³/mol. The monoisotopic (exact) mass is 247 g/mol. The van der Waals surface area contributed by atoms with Gasteiger partial charge in [0.05, 0.1) is 18.1 Å².